The normalized spacial score (nSPS) is 13.0. The van der Waals surface area contributed by atoms with Crippen molar-refractivity contribution in [2.75, 3.05) is 23.4 Å². The minimum Gasteiger partial charge on any atom is -0.494 e. The highest BCUT2D eigenvalue weighted by Crippen LogP contribution is 2.32. The topological polar surface area (TPSA) is 41.6 Å². The average molecular weight is 403 g/mol. The Morgan fingerprint density at radius 1 is 1.24 bits per heavy atom. The molecule has 0 saturated heterocycles. The summed E-state index contributed by atoms with van der Waals surface area (Å²) in [5.74, 6) is 1.44. The Hall–Kier alpha value is -2.01. The van der Waals surface area contributed by atoms with Gasteiger partial charge in [0.25, 0.3) is 0 Å². The van der Waals surface area contributed by atoms with Crippen LogP contribution in [0.25, 0.3) is 0 Å². The molecule has 3 rings (SSSR count). The van der Waals surface area contributed by atoms with E-state index in [1.165, 1.54) is 5.56 Å². The number of benzene rings is 2. The SMILES string of the molecule is CC(C)CCOc1ccc2c(c1)N(C(=O)Nc1ccc(Br)cc1)CC2. The number of carbonyl (C=O) groups excluding carboxylic acids is 1. The molecule has 2 amide bonds. The van der Waals surface area contributed by atoms with Gasteiger partial charge in [-0.05, 0) is 54.7 Å². The number of ether oxygens (including phenoxy) is 1. The summed E-state index contributed by atoms with van der Waals surface area (Å²) < 4.78 is 6.82. The Balaban J connectivity index is 1.69. The summed E-state index contributed by atoms with van der Waals surface area (Å²) in [4.78, 5) is 14.4. The van der Waals surface area contributed by atoms with Crippen LogP contribution in [0.15, 0.2) is 46.9 Å². The van der Waals surface area contributed by atoms with E-state index >= 15 is 0 Å². The van der Waals surface area contributed by atoms with Crippen molar-refractivity contribution in [3.63, 3.8) is 0 Å². The molecule has 0 atom stereocenters. The number of halogens is 1. The minimum atomic E-state index is -0.111. The second-order valence-corrected chi connectivity index (χ2v) is 7.58. The largest absolute Gasteiger partial charge is 0.494 e. The molecule has 0 unspecified atom stereocenters. The molecule has 0 bridgehead atoms. The fourth-order valence-electron chi connectivity index (χ4n) is 2.80. The third-order valence-corrected chi connectivity index (χ3v) is 4.79. The van der Waals surface area contributed by atoms with Crippen LogP contribution < -0.4 is 15.0 Å². The zero-order valence-electron chi connectivity index (χ0n) is 14.6. The lowest BCUT2D eigenvalue weighted by Gasteiger charge is -2.19. The molecule has 5 heteroatoms. The highest BCUT2D eigenvalue weighted by atomic mass is 79.9. The second kappa shape index (κ2) is 7.91. The number of rotatable bonds is 5. The molecule has 0 aliphatic carbocycles. The van der Waals surface area contributed by atoms with Gasteiger partial charge in [0.1, 0.15) is 5.75 Å². The molecule has 1 aliphatic heterocycles. The molecule has 0 radical (unpaired) electrons. The summed E-state index contributed by atoms with van der Waals surface area (Å²) >= 11 is 3.40. The van der Waals surface area contributed by atoms with Crippen LogP contribution in [0.5, 0.6) is 5.75 Å². The molecule has 2 aromatic carbocycles. The van der Waals surface area contributed by atoms with Crippen LogP contribution in [-0.2, 0) is 6.42 Å². The Kier molecular flexibility index (Phi) is 5.63. The molecule has 25 heavy (non-hydrogen) atoms. The molecule has 0 spiro atoms. The van der Waals surface area contributed by atoms with Crippen LogP contribution >= 0.6 is 15.9 Å². The van der Waals surface area contributed by atoms with Crippen molar-refractivity contribution in [1.29, 1.82) is 0 Å². The highest BCUT2D eigenvalue weighted by Gasteiger charge is 2.25. The molecular weight excluding hydrogens is 380 g/mol. The van der Waals surface area contributed by atoms with Gasteiger partial charge in [-0.25, -0.2) is 4.79 Å². The molecule has 1 aliphatic rings. The molecule has 1 heterocycles. The predicted molar refractivity (Wildman–Crippen MR) is 106 cm³/mol. The summed E-state index contributed by atoms with van der Waals surface area (Å²) in [6.45, 7) is 5.75. The third-order valence-electron chi connectivity index (χ3n) is 4.26. The maximum absolute atomic E-state index is 12.6. The van der Waals surface area contributed by atoms with E-state index in [4.69, 9.17) is 4.74 Å². The summed E-state index contributed by atoms with van der Waals surface area (Å²) in [6, 6.07) is 13.5. The standard InChI is InChI=1S/C20H23BrN2O2/c1-14(2)10-12-25-18-8-3-15-9-11-23(19(15)13-18)20(24)22-17-6-4-16(21)5-7-17/h3-8,13-14H,9-12H2,1-2H3,(H,22,24). The average Bonchev–Trinajstić information content (AvgIpc) is 3.00. The van der Waals surface area contributed by atoms with Crippen molar-refractivity contribution in [2.24, 2.45) is 5.92 Å². The van der Waals surface area contributed by atoms with Crippen molar-refractivity contribution < 1.29 is 9.53 Å². The highest BCUT2D eigenvalue weighted by molar-refractivity contribution is 9.10. The van der Waals surface area contributed by atoms with E-state index in [0.717, 1.165) is 34.4 Å². The first kappa shape index (κ1) is 17.8. The predicted octanol–water partition coefficient (Wildman–Crippen LogP) is 5.47. The summed E-state index contributed by atoms with van der Waals surface area (Å²) in [6.07, 6.45) is 1.89. The molecule has 0 fully saturated rings. The summed E-state index contributed by atoms with van der Waals surface area (Å²) in [5.41, 5.74) is 2.91. The van der Waals surface area contributed by atoms with Gasteiger partial charge < -0.3 is 10.1 Å². The number of fused-ring (bicyclic) bond motifs is 1. The zero-order chi connectivity index (χ0) is 17.8. The molecule has 1 N–H and O–H groups in total. The van der Waals surface area contributed by atoms with Gasteiger partial charge in [-0.15, -0.1) is 0 Å². The van der Waals surface area contributed by atoms with E-state index in [2.05, 4.69) is 41.2 Å². The molecule has 0 aromatic heterocycles. The van der Waals surface area contributed by atoms with E-state index < -0.39 is 0 Å². The molecule has 132 valence electrons. The first-order chi connectivity index (χ1) is 12.0. The van der Waals surface area contributed by atoms with Crippen LogP contribution in [0.2, 0.25) is 0 Å². The fraction of sp³-hybridized carbons (Fsp3) is 0.350. The number of hydrogen-bond acceptors (Lipinski definition) is 2. The van der Waals surface area contributed by atoms with E-state index in [0.29, 0.717) is 19.1 Å². The van der Waals surface area contributed by atoms with Gasteiger partial charge in [0, 0.05) is 22.8 Å². The van der Waals surface area contributed by atoms with Gasteiger partial charge in [0.15, 0.2) is 0 Å². The van der Waals surface area contributed by atoms with Crippen molar-refractivity contribution in [3.8, 4) is 5.75 Å². The van der Waals surface area contributed by atoms with Gasteiger partial charge in [-0.2, -0.15) is 0 Å². The first-order valence-electron chi connectivity index (χ1n) is 8.63. The van der Waals surface area contributed by atoms with Crippen molar-refractivity contribution in [3.05, 3.63) is 52.5 Å². The van der Waals surface area contributed by atoms with Crippen LogP contribution in [-0.4, -0.2) is 19.2 Å². The second-order valence-electron chi connectivity index (χ2n) is 6.66. The molecule has 4 nitrogen and oxygen atoms in total. The number of anilines is 2. The number of carbonyl (C=O) groups is 1. The van der Waals surface area contributed by atoms with Crippen LogP contribution in [0.4, 0.5) is 16.2 Å². The Bertz CT molecular complexity index is 744. The summed E-state index contributed by atoms with van der Waals surface area (Å²) in [5, 5.41) is 2.95. The van der Waals surface area contributed by atoms with E-state index in [1.807, 2.05) is 36.4 Å². The third kappa shape index (κ3) is 4.54. The van der Waals surface area contributed by atoms with Crippen molar-refractivity contribution >= 4 is 33.3 Å². The van der Waals surface area contributed by atoms with Crippen LogP contribution in [0.1, 0.15) is 25.8 Å². The maximum atomic E-state index is 12.6. The Morgan fingerprint density at radius 3 is 2.72 bits per heavy atom. The monoisotopic (exact) mass is 402 g/mol. The smallest absolute Gasteiger partial charge is 0.326 e. The number of urea groups is 1. The number of nitrogens with zero attached hydrogens (tertiary/aromatic N) is 1. The Morgan fingerprint density at radius 2 is 2.00 bits per heavy atom. The van der Waals surface area contributed by atoms with Gasteiger partial charge in [-0.3, -0.25) is 4.90 Å². The van der Waals surface area contributed by atoms with E-state index in [9.17, 15) is 4.79 Å². The number of hydrogen-bond donors (Lipinski definition) is 1. The van der Waals surface area contributed by atoms with E-state index in [1.54, 1.807) is 4.90 Å². The number of amides is 2. The van der Waals surface area contributed by atoms with Gasteiger partial charge >= 0.3 is 6.03 Å². The lowest BCUT2D eigenvalue weighted by molar-refractivity contribution is 0.257. The van der Waals surface area contributed by atoms with Crippen LogP contribution in [0, 0.1) is 5.92 Å². The molecule has 0 saturated carbocycles. The molecular formula is C20H23BrN2O2. The van der Waals surface area contributed by atoms with E-state index in [-0.39, 0.29) is 6.03 Å². The zero-order valence-corrected chi connectivity index (χ0v) is 16.2. The molecule has 2 aromatic rings. The van der Waals surface area contributed by atoms with Crippen molar-refractivity contribution in [1.82, 2.24) is 0 Å². The number of nitrogens with one attached hydrogen (secondary N) is 1. The summed E-state index contributed by atoms with van der Waals surface area (Å²) in [7, 11) is 0. The quantitative estimate of drug-likeness (QED) is 0.720. The van der Waals surface area contributed by atoms with Gasteiger partial charge in [-0.1, -0.05) is 35.8 Å². The first-order valence-corrected chi connectivity index (χ1v) is 9.42. The maximum Gasteiger partial charge on any atom is 0.326 e. The lowest BCUT2D eigenvalue weighted by Crippen LogP contribution is -2.33. The fourth-order valence-corrected chi connectivity index (χ4v) is 3.06. The van der Waals surface area contributed by atoms with Gasteiger partial charge in [0.2, 0.25) is 0 Å². The van der Waals surface area contributed by atoms with Crippen LogP contribution in [0.3, 0.4) is 0 Å². The van der Waals surface area contributed by atoms with Crippen molar-refractivity contribution in [2.45, 2.75) is 26.7 Å². The lowest BCUT2D eigenvalue weighted by atomic mass is 10.1. The Labute approximate surface area is 157 Å². The minimum absolute atomic E-state index is 0.111. The van der Waals surface area contributed by atoms with Gasteiger partial charge in [0.05, 0.1) is 12.3 Å².